The molecular formula is C22H45. The van der Waals surface area contributed by atoms with Gasteiger partial charge >= 0.3 is 0 Å². The van der Waals surface area contributed by atoms with Gasteiger partial charge in [0.05, 0.1) is 0 Å². The maximum Gasteiger partial charge on any atom is -0.0414 e. The quantitative estimate of drug-likeness (QED) is 0.223. The van der Waals surface area contributed by atoms with E-state index in [4.69, 9.17) is 0 Å². The van der Waals surface area contributed by atoms with Gasteiger partial charge in [0.1, 0.15) is 0 Å². The van der Waals surface area contributed by atoms with Crippen molar-refractivity contribution in [2.75, 3.05) is 0 Å². The van der Waals surface area contributed by atoms with E-state index in [1.54, 1.807) is 0 Å². The van der Waals surface area contributed by atoms with Gasteiger partial charge in [0.15, 0.2) is 0 Å². The van der Waals surface area contributed by atoms with Crippen molar-refractivity contribution < 1.29 is 0 Å². The van der Waals surface area contributed by atoms with Gasteiger partial charge in [-0.3, -0.25) is 0 Å². The Balaban J connectivity index is 3.07. The Morgan fingerprint density at radius 2 is 0.727 bits per heavy atom. The molecule has 0 heterocycles. The second-order valence-corrected chi connectivity index (χ2v) is 7.39. The van der Waals surface area contributed by atoms with Crippen LogP contribution in [0.3, 0.4) is 0 Å². The summed E-state index contributed by atoms with van der Waals surface area (Å²) in [5.74, 6) is 0.722. The summed E-state index contributed by atoms with van der Waals surface area (Å²) >= 11 is 0. The highest BCUT2D eigenvalue weighted by atomic mass is 14.1. The first kappa shape index (κ1) is 22.0. The zero-order chi connectivity index (χ0) is 16.3. The van der Waals surface area contributed by atoms with Crippen LogP contribution in [0, 0.1) is 12.8 Å². The summed E-state index contributed by atoms with van der Waals surface area (Å²) in [4.78, 5) is 0. The maximum atomic E-state index is 4.32. The zero-order valence-corrected chi connectivity index (χ0v) is 16.0. The lowest BCUT2D eigenvalue weighted by Gasteiger charge is -2.10. The first-order chi connectivity index (χ1) is 10.8. The molecule has 0 heteroatoms. The van der Waals surface area contributed by atoms with E-state index in [2.05, 4.69) is 20.8 Å². The Morgan fingerprint density at radius 1 is 0.455 bits per heavy atom. The second-order valence-electron chi connectivity index (χ2n) is 7.39. The third-order valence-electron chi connectivity index (χ3n) is 4.93. The molecule has 0 N–H and O–H groups in total. The fraction of sp³-hybridized carbons (Fsp3) is 0.955. The van der Waals surface area contributed by atoms with Crippen LogP contribution in [0.5, 0.6) is 0 Å². The summed E-state index contributed by atoms with van der Waals surface area (Å²) < 4.78 is 0. The molecule has 1 radical (unpaired) electrons. The lowest BCUT2D eigenvalue weighted by atomic mass is 9.96. The van der Waals surface area contributed by atoms with Gasteiger partial charge < -0.3 is 0 Å². The largest absolute Gasteiger partial charge is 0.0654 e. The summed E-state index contributed by atoms with van der Waals surface area (Å²) in [5, 5.41) is 0. The van der Waals surface area contributed by atoms with Crippen molar-refractivity contribution in [1.29, 1.82) is 0 Å². The SMILES string of the molecule is [CH2]C(CCCCCC)CCCCCCCCCCCCCC. The van der Waals surface area contributed by atoms with Crippen molar-refractivity contribution in [3.8, 4) is 0 Å². The van der Waals surface area contributed by atoms with E-state index < -0.39 is 0 Å². The normalized spacial score (nSPS) is 12.7. The minimum absolute atomic E-state index is 0.722. The predicted octanol–water partition coefficient (Wildman–Crippen LogP) is 8.50. The number of unbranched alkanes of at least 4 members (excludes halogenated alkanes) is 14. The van der Waals surface area contributed by atoms with Gasteiger partial charge in [-0.2, -0.15) is 0 Å². The molecule has 0 spiro atoms. The first-order valence-corrected chi connectivity index (χ1v) is 10.6. The first-order valence-electron chi connectivity index (χ1n) is 10.6. The number of hydrogen-bond acceptors (Lipinski definition) is 0. The van der Waals surface area contributed by atoms with E-state index in [1.807, 2.05) is 0 Å². The van der Waals surface area contributed by atoms with E-state index in [0.29, 0.717) is 0 Å². The molecule has 0 aliphatic rings. The molecule has 0 saturated carbocycles. The molecule has 0 aliphatic carbocycles. The Hall–Kier alpha value is 0. The van der Waals surface area contributed by atoms with Crippen LogP contribution >= 0.6 is 0 Å². The molecule has 0 aliphatic heterocycles. The van der Waals surface area contributed by atoms with Crippen molar-refractivity contribution in [2.45, 2.75) is 129 Å². The van der Waals surface area contributed by atoms with Crippen molar-refractivity contribution in [3.05, 3.63) is 6.92 Å². The van der Waals surface area contributed by atoms with E-state index in [-0.39, 0.29) is 0 Å². The van der Waals surface area contributed by atoms with Crippen LogP contribution in [0.25, 0.3) is 0 Å². The Morgan fingerprint density at radius 3 is 1.09 bits per heavy atom. The van der Waals surface area contributed by atoms with Gasteiger partial charge in [0.2, 0.25) is 0 Å². The molecule has 0 aromatic carbocycles. The smallest absolute Gasteiger partial charge is 0.0414 e. The van der Waals surface area contributed by atoms with Crippen molar-refractivity contribution in [2.24, 2.45) is 5.92 Å². The molecule has 0 saturated heterocycles. The number of hydrogen-bond donors (Lipinski definition) is 0. The minimum atomic E-state index is 0.722. The van der Waals surface area contributed by atoms with Gasteiger partial charge in [0, 0.05) is 0 Å². The highest BCUT2D eigenvalue weighted by molar-refractivity contribution is 4.62. The van der Waals surface area contributed by atoms with E-state index >= 15 is 0 Å². The van der Waals surface area contributed by atoms with Crippen LogP contribution in [-0.4, -0.2) is 0 Å². The molecule has 0 rings (SSSR count). The minimum Gasteiger partial charge on any atom is -0.0654 e. The van der Waals surface area contributed by atoms with Crippen LogP contribution < -0.4 is 0 Å². The van der Waals surface area contributed by atoms with Crippen LogP contribution in [0.15, 0.2) is 0 Å². The molecule has 0 amide bonds. The highest BCUT2D eigenvalue weighted by Gasteiger charge is 2.02. The summed E-state index contributed by atoms with van der Waals surface area (Å²) in [6.07, 6.45) is 25.7. The van der Waals surface area contributed by atoms with Gasteiger partial charge in [-0.05, 0) is 5.92 Å². The van der Waals surface area contributed by atoms with Crippen LogP contribution in [0.2, 0.25) is 0 Å². The zero-order valence-electron chi connectivity index (χ0n) is 16.0. The molecule has 0 bridgehead atoms. The summed E-state index contributed by atoms with van der Waals surface area (Å²) in [6, 6.07) is 0. The van der Waals surface area contributed by atoms with Crippen LogP contribution in [0.4, 0.5) is 0 Å². The third-order valence-corrected chi connectivity index (χ3v) is 4.93. The van der Waals surface area contributed by atoms with Gasteiger partial charge in [-0.25, -0.2) is 0 Å². The van der Waals surface area contributed by atoms with E-state index in [1.165, 1.54) is 116 Å². The summed E-state index contributed by atoms with van der Waals surface area (Å²) in [7, 11) is 0. The van der Waals surface area contributed by atoms with Crippen molar-refractivity contribution in [1.82, 2.24) is 0 Å². The molecule has 0 aromatic rings. The lowest BCUT2D eigenvalue weighted by Crippen LogP contribution is -1.95. The molecule has 133 valence electrons. The van der Waals surface area contributed by atoms with E-state index in [9.17, 15) is 0 Å². The standard InChI is InChI=1S/C22H45/c1-4-6-8-10-11-12-13-14-15-16-17-19-21-22(3)20-18-9-7-5-2/h22H,3-21H2,1-2H3. The lowest BCUT2D eigenvalue weighted by molar-refractivity contribution is 0.464. The molecule has 1 unspecified atom stereocenters. The van der Waals surface area contributed by atoms with E-state index in [0.717, 1.165) is 5.92 Å². The fourth-order valence-corrected chi connectivity index (χ4v) is 3.28. The van der Waals surface area contributed by atoms with Crippen molar-refractivity contribution in [3.63, 3.8) is 0 Å². The predicted molar refractivity (Wildman–Crippen MR) is 103 cm³/mol. The van der Waals surface area contributed by atoms with Crippen LogP contribution in [-0.2, 0) is 0 Å². The van der Waals surface area contributed by atoms with Crippen LogP contribution in [0.1, 0.15) is 129 Å². The maximum absolute atomic E-state index is 4.32. The third kappa shape index (κ3) is 18.1. The van der Waals surface area contributed by atoms with Gasteiger partial charge in [-0.15, -0.1) is 0 Å². The average molecular weight is 310 g/mol. The molecular weight excluding hydrogens is 264 g/mol. The molecule has 1 atom stereocenters. The Bertz CT molecular complexity index is 184. The molecule has 0 fully saturated rings. The molecule has 22 heavy (non-hydrogen) atoms. The topological polar surface area (TPSA) is 0 Å². The second kappa shape index (κ2) is 19.0. The monoisotopic (exact) mass is 309 g/mol. The van der Waals surface area contributed by atoms with Gasteiger partial charge in [0.25, 0.3) is 0 Å². The highest BCUT2D eigenvalue weighted by Crippen LogP contribution is 2.18. The summed E-state index contributed by atoms with van der Waals surface area (Å²) in [6.45, 7) is 8.91. The number of rotatable bonds is 18. The molecule has 0 nitrogen and oxygen atoms in total. The van der Waals surface area contributed by atoms with Crippen molar-refractivity contribution >= 4 is 0 Å². The fourth-order valence-electron chi connectivity index (χ4n) is 3.28. The Labute approximate surface area is 142 Å². The Kier molecular flexibility index (Phi) is 19.0. The average Bonchev–Trinajstić information content (AvgIpc) is 2.52. The van der Waals surface area contributed by atoms with Gasteiger partial charge in [-0.1, -0.05) is 136 Å². The molecule has 0 aromatic heterocycles. The summed E-state index contributed by atoms with van der Waals surface area (Å²) in [5.41, 5.74) is 0.